The molecule has 0 radical (unpaired) electrons. The number of hydrogen-bond donors (Lipinski definition) is 2. The molecule has 1 aromatic rings. The third-order valence-electron chi connectivity index (χ3n) is 4.28. The molecule has 6 nitrogen and oxygen atoms in total. The summed E-state index contributed by atoms with van der Waals surface area (Å²) in [6, 6.07) is 5.84. The van der Waals surface area contributed by atoms with E-state index >= 15 is 0 Å². The van der Waals surface area contributed by atoms with E-state index in [1.165, 1.54) is 17.7 Å². The number of nitro groups is 1. The number of allylic oxidation sites excluding steroid dienone is 2. The van der Waals surface area contributed by atoms with Gasteiger partial charge in [-0.05, 0) is 49.5 Å². The van der Waals surface area contributed by atoms with Gasteiger partial charge in [0.2, 0.25) is 5.91 Å². The number of nitrogens with one attached hydrogen (secondary N) is 2. The molecule has 2 atom stereocenters. The maximum Gasteiger partial charge on any atom is 0.269 e. The van der Waals surface area contributed by atoms with Crippen LogP contribution in [-0.2, 0) is 4.79 Å². The van der Waals surface area contributed by atoms with Gasteiger partial charge in [0.1, 0.15) is 0 Å². The fraction of sp³-hybridized carbons (Fsp3) is 0.412. The summed E-state index contributed by atoms with van der Waals surface area (Å²) >= 11 is 5.15. The summed E-state index contributed by atoms with van der Waals surface area (Å²) in [5, 5.41) is 16.4. The van der Waals surface area contributed by atoms with Gasteiger partial charge in [0.15, 0.2) is 5.11 Å². The summed E-state index contributed by atoms with van der Waals surface area (Å²) in [4.78, 5) is 22.6. The minimum Gasteiger partial charge on any atom is -0.332 e. The Hall–Kier alpha value is -2.28. The maximum absolute atomic E-state index is 12.4. The van der Waals surface area contributed by atoms with Gasteiger partial charge in [0, 0.05) is 17.8 Å². The van der Waals surface area contributed by atoms with Gasteiger partial charge in [-0.25, -0.2) is 0 Å². The molecule has 1 aliphatic carbocycles. The first-order chi connectivity index (χ1) is 11.1. The number of carbonyl (C=O) groups excluding carboxylic acids is 1. The monoisotopic (exact) mass is 347 g/mol. The van der Waals surface area contributed by atoms with Crippen molar-refractivity contribution >= 4 is 34.6 Å². The topological polar surface area (TPSA) is 84.3 Å². The molecule has 1 fully saturated rings. The van der Waals surface area contributed by atoms with Gasteiger partial charge in [-0.3, -0.25) is 14.9 Å². The highest BCUT2D eigenvalue weighted by molar-refractivity contribution is 7.80. The lowest BCUT2D eigenvalue weighted by Crippen LogP contribution is -2.36. The highest BCUT2D eigenvalue weighted by Crippen LogP contribution is 2.59. The fourth-order valence-corrected chi connectivity index (χ4v) is 3.09. The molecule has 0 heterocycles. The van der Waals surface area contributed by atoms with Gasteiger partial charge >= 0.3 is 0 Å². The average molecular weight is 347 g/mol. The summed E-state index contributed by atoms with van der Waals surface area (Å²) in [7, 11) is 0. The van der Waals surface area contributed by atoms with Crippen molar-refractivity contribution in [1.82, 2.24) is 5.32 Å². The zero-order valence-electron chi connectivity index (χ0n) is 14.1. The lowest BCUT2D eigenvalue weighted by molar-refractivity contribution is -0.384. The first-order valence-electron chi connectivity index (χ1n) is 7.64. The lowest BCUT2D eigenvalue weighted by atomic mass is 10.1. The first kappa shape index (κ1) is 18.1. The number of non-ortho nitro benzene ring substituents is 1. The molecular formula is C17H21N3O3S. The van der Waals surface area contributed by atoms with Crippen LogP contribution >= 0.6 is 12.2 Å². The van der Waals surface area contributed by atoms with Crippen LogP contribution in [0.25, 0.3) is 0 Å². The lowest BCUT2D eigenvalue weighted by Gasteiger charge is -2.10. The smallest absolute Gasteiger partial charge is 0.269 e. The van der Waals surface area contributed by atoms with E-state index < -0.39 is 4.92 Å². The molecule has 128 valence electrons. The Balaban J connectivity index is 1.94. The van der Waals surface area contributed by atoms with Crippen LogP contribution in [0, 0.1) is 27.4 Å². The number of benzene rings is 1. The van der Waals surface area contributed by atoms with Crippen LogP contribution in [0.5, 0.6) is 0 Å². The van der Waals surface area contributed by atoms with Crippen molar-refractivity contribution < 1.29 is 9.72 Å². The Morgan fingerprint density at radius 1 is 1.29 bits per heavy atom. The van der Waals surface area contributed by atoms with E-state index in [1.807, 2.05) is 13.8 Å². The molecule has 2 N–H and O–H groups in total. The van der Waals surface area contributed by atoms with Crippen LogP contribution in [0.4, 0.5) is 11.4 Å². The van der Waals surface area contributed by atoms with E-state index in [4.69, 9.17) is 12.2 Å². The Bertz CT molecular complexity index is 706. The fourth-order valence-electron chi connectivity index (χ4n) is 2.87. The molecule has 2 rings (SSSR count). The van der Waals surface area contributed by atoms with Crippen LogP contribution < -0.4 is 10.6 Å². The third-order valence-corrected chi connectivity index (χ3v) is 4.48. The predicted molar refractivity (Wildman–Crippen MR) is 97.7 cm³/mol. The quantitative estimate of drug-likeness (QED) is 0.376. The van der Waals surface area contributed by atoms with Crippen LogP contribution in [0.2, 0.25) is 0 Å². The van der Waals surface area contributed by atoms with Crippen molar-refractivity contribution in [2.45, 2.75) is 27.7 Å². The molecule has 1 saturated carbocycles. The Kier molecular flexibility index (Phi) is 5.03. The number of carbonyl (C=O) groups is 1. The molecule has 1 aliphatic rings. The van der Waals surface area contributed by atoms with Crippen LogP contribution in [0.1, 0.15) is 27.7 Å². The zero-order valence-corrected chi connectivity index (χ0v) is 14.9. The number of rotatable bonds is 4. The standard InChI is InChI=1S/C17H21N3O3S/c1-10(2)9-13-14(17(13,3)4)15(21)19-16(24)18-11-5-7-12(8-6-11)20(22)23/h5-9,13-14H,1-4H3,(H2,18,19,21,24)/t13-,14+/m1/s1. The summed E-state index contributed by atoms with van der Waals surface area (Å²) in [6.45, 7) is 8.16. The summed E-state index contributed by atoms with van der Waals surface area (Å²) < 4.78 is 0. The van der Waals surface area contributed by atoms with Gasteiger partial charge in [0.25, 0.3) is 5.69 Å². The Morgan fingerprint density at radius 3 is 2.38 bits per heavy atom. The van der Waals surface area contributed by atoms with Gasteiger partial charge in [0.05, 0.1) is 10.8 Å². The summed E-state index contributed by atoms with van der Waals surface area (Å²) in [5.74, 6) is -0.00408. The van der Waals surface area contributed by atoms with Crippen LogP contribution in [0.3, 0.4) is 0 Å². The number of nitro benzene ring substituents is 1. The van der Waals surface area contributed by atoms with Crippen molar-refractivity contribution in [1.29, 1.82) is 0 Å². The molecule has 0 unspecified atom stereocenters. The van der Waals surface area contributed by atoms with E-state index in [1.54, 1.807) is 12.1 Å². The van der Waals surface area contributed by atoms with E-state index in [0.29, 0.717) is 5.69 Å². The predicted octanol–water partition coefficient (Wildman–Crippen LogP) is 3.65. The van der Waals surface area contributed by atoms with Crippen molar-refractivity contribution in [3.05, 3.63) is 46.0 Å². The Labute approximate surface area is 146 Å². The molecule has 0 bridgehead atoms. The molecule has 1 aromatic carbocycles. The van der Waals surface area contributed by atoms with Crippen molar-refractivity contribution in [3.8, 4) is 0 Å². The average Bonchev–Trinajstić information content (AvgIpc) is 2.99. The molecule has 0 saturated heterocycles. The zero-order chi connectivity index (χ0) is 18.1. The number of hydrogen-bond acceptors (Lipinski definition) is 4. The third kappa shape index (κ3) is 3.97. The number of amides is 1. The number of thiocarbonyl (C=S) groups is 1. The first-order valence-corrected chi connectivity index (χ1v) is 8.05. The number of nitrogens with zero attached hydrogens (tertiary/aromatic N) is 1. The highest BCUT2D eigenvalue weighted by atomic mass is 32.1. The van der Waals surface area contributed by atoms with Gasteiger partial charge < -0.3 is 10.6 Å². The Morgan fingerprint density at radius 2 is 1.88 bits per heavy atom. The largest absolute Gasteiger partial charge is 0.332 e. The van der Waals surface area contributed by atoms with E-state index in [-0.39, 0.29) is 34.0 Å². The van der Waals surface area contributed by atoms with Gasteiger partial charge in [-0.2, -0.15) is 0 Å². The summed E-state index contributed by atoms with van der Waals surface area (Å²) in [5.41, 5.74) is 1.70. The SMILES string of the molecule is CC(C)=C[C@@H]1[C@@H](C(=O)NC(=S)Nc2ccc([N+](=O)[O-])cc2)C1(C)C. The van der Waals surface area contributed by atoms with Crippen LogP contribution in [0.15, 0.2) is 35.9 Å². The van der Waals surface area contributed by atoms with E-state index in [9.17, 15) is 14.9 Å². The highest BCUT2D eigenvalue weighted by Gasteiger charge is 2.60. The van der Waals surface area contributed by atoms with Gasteiger partial charge in [-0.1, -0.05) is 25.5 Å². The molecule has 0 aliphatic heterocycles. The minimum atomic E-state index is -0.470. The van der Waals surface area contributed by atoms with Crippen molar-refractivity contribution in [2.24, 2.45) is 17.3 Å². The normalized spacial score (nSPS) is 20.7. The minimum absolute atomic E-state index is 0.000187. The van der Waals surface area contributed by atoms with Crippen molar-refractivity contribution in [2.75, 3.05) is 5.32 Å². The van der Waals surface area contributed by atoms with E-state index in [2.05, 4.69) is 30.6 Å². The molecular weight excluding hydrogens is 326 g/mol. The summed E-state index contributed by atoms with van der Waals surface area (Å²) in [6.07, 6.45) is 2.12. The molecule has 0 spiro atoms. The second-order valence-corrected chi connectivity index (χ2v) is 7.22. The number of anilines is 1. The maximum atomic E-state index is 12.4. The molecule has 0 aromatic heterocycles. The van der Waals surface area contributed by atoms with Crippen molar-refractivity contribution in [3.63, 3.8) is 0 Å². The molecule has 7 heteroatoms. The molecule has 24 heavy (non-hydrogen) atoms. The van der Waals surface area contributed by atoms with E-state index in [0.717, 1.165) is 0 Å². The molecule has 1 amide bonds. The second kappa shape index (κ2) is 6.68. The van der Waals surface area contributed by atoms with Crippen LogP contribution in [-0.4, -0.2) is 15.9 Å². The van der Waals surface area contributed by atoms with Gasteiger partial charge in [-0.15, -0.1) is 0 Å². The second-order valence-electron chi connectivity index (χ2n) is 6.82.